The lowest BCUT2D eigenvalue weighted by Crippen LogP contribution is -2.33. The van der Waals surface area contributed by atoms with Gasteiger partial charge in [0.05, 0.1) is 5.60 Å². The van der Waals surface area contributed by atoms with Gasteiger partial charge in [-0.1, -0.05) is 61.6 Å². The Morgan fingerprint density at radius 1 is 1.20 bits per heavy atom. The molecule has 0 spiro atoms. The normalized spacial score (nSPS) is 29.3. The maximum atomic E-state index is 10.5. The van der Waals surface area contributed by atoms with Crippen LogP contribution in [0.4, 0.5) is 0 Å². The molecule has 0 radical (unpaired) electrons. The van der Waals surface area contributed by atoms with Crippen LogP contribution in [0.1, 0.15) is 24.8 Å². The van der Waals surface area contributed by atoms with Gasteiger partial charge in [0, 0.05) is 5.92 Å². The zero-order chi connectivity index (χ0) is 10.7. The average molecular weight is 200 g/mol. The van der Waals surface area contributed by atoms with Crippen LogP contribution >= 0.6 is 0 Å². The zero-order valence-corrected chi connectivity index (χ0v) is 8.93. The molecular weight excluding hydrogens is 184 g/mol. The monoisotopic (exact) mass is 200 g/mol. The van der Waals surface area contributed by atoms with E-state index in [0.717, 1.165) is 6.42 Å². The third kappa shape index (κ3) is 1.88. The summed E-state index contributed by atoms with van der Waals surface area (Å²) in [7, 11) is 0. The van der Waals surface area contributed by atoms with Crippen LogP contribution in [-0.2, 0) is 0 Å². The van der Waals surface area contributed by atoms with E-state index >= 15 is 0 Å². The lowest BCUT2D eigenvalue weighted by atomic mass is 9.78. The fraction of sp³-hybridized carbons (Fsp3) is 0.286. The summed E-state index contributed by atoms with van der Waals surface area (Å²) in [4.78, 5) is 0. The smallest absolute Gasteiger partial charge is 0.0930 e. The highest BCUT2D eigenvalue weighted by atomic mass is 16.3. The van der Waals surface area contributed by atoms with E-state index in [0.29, 0.717) is 0 Å². The Morgan fingerprint density at radius 2 is 1.93 bits per heavy atom. The summed E-state index contributed by atoms with van der Waals surface area (Å²) in [6.45, 7) is 2.01. The molecule has 1 aliphatic carbocycles. The van der Waals surface area contributed by atoms with Crippen LogP contribution in [-0.4, -0.2) is 10.7 Å². The number of hydrogen-bond donors (Lipinski definition) is 1. The van der Waals surface area contributed by atoms with Gasteiger partial charge in [-0.05, 0) is 12.0 Å². The summed E-state index contributed by atoms with van der Waals surface area (Å²) < 4.78 is 0. The van der Waals surface area contributed by atoms with Gasteiger partial charge >= 0.3 is 0 Å². The minimum absolute atomic E-state index is 0.0775. The molecule has 0 saturated carbocycles. The van der Waals surface area contributed by atoms with Gasteiger partial charge in [-0.15, -0.1) is 0 Å². The standard InChI is InChI=1S/C14H16O/c1-2-14(15)11-7-6-10-13(14)12-8-4-3-5-9-12/h3-11,13,15H,2H2,1H3. The van der Waals surface area contributed by atoms with Gasteiger partial charge in [-0.2, -0.15) is 0 Å². The van der Waals surface area contributed by atoms with Crippen LogP contribution < -0.4 is 0 Å². The number of benzene rings is 1. The Morgan fingerprint density at radius 3 is 2.60 bits per heavy atom. The van der Waals surface area contributed by atoms with Crippen molar-refractivity contribution in [1.29, 1.82) is 0 Å². The first kappa shape index (κ1) is 10.2. The molecule has 1 aromatic rings. The van der Waals surface area contributed by atoms with Gasteiger partial charge in [0.25, 0.3) is 0 Å². The molecule has 78 valence electrons. The Labute approximate surface area is 90.8 Å². The summed E-state index contributed by atoms with van der Waals surface area (Å²) in [5.41, 5.74) is 0.443. The van der Waals surface area contributed by atoms with Crippen LogP contribution in [0.25, 0.3) is 0 Å². The SMILES string of the molecule is CCC1(O)C=CC=CC1c1ccccc1. The highest BCUT2D eigenvalue weighted by Crippen LogP contribution is 2.35. The first-order valence-corrected chi connectivity index (χ1v) is 5.39. The van der Waals surface area contributed by atoms with E-state index in [1.807, 2.05) is 43.4 Å². The quantitative estimate of drug-likeness (QED) is 0.778. The summed E-state index contributed by atoms with van der Waals surface area (Å²) in [6.07, 6.45) is 8.61. The Balaban J connectivity index is 2.36. The van der Waals surface area contributed by atoms with Crippen molar-refractivity contribution in [1.82, 2.24) is 0 Å². The van der Waals surface area contributed by atoms with Crippen molar-refractivity contribution >= 4 is 0 Å². The van der Waals surface area contributed by atoms with Crippen molar-refractivity contribution in [2.75, 3.05) is 0 Å². The third-order valence-electron chi connectivity index (χ3n) is 3.06. The van der Waals surface area contributed by atoms with E-state index in [-0.39, 0.29) is 5.92 Å². The topological polar surface area (TPSA) is 20.2 Å². The molecule has 1 heteroatoms. The molecule has 2 rings (SSSR count). The molecule has 15 heavy (non-hydrogen) atoms. The van der Waals surface area contributed by atoms with E-state index in [1.165, 1.54) is 5.56 Å². The molecule has 2 unspecified atom stereocenters. The van der Waals surface area contributed by atoms with Crippen molar-refractivity contribution < 1.29 is 5.11 Å². The molecule has 0 fully saturated rings. The van der Waals surface area contributed by atoms with E-state index in [1.54, 1.807) is 0 Å². The van der Waals surface area contributed by atoms with Crippen LogP contribution in [0.2, 0.25) is 0 Å². The maximum absolute atomic E-state index is 10.5. The predicted octanol–water partition coefficient (Wildman–Crippen LogP) is 3.04. The van der Waals surface area contributed by atoms with Gasteiger partial charge in [0.1, 0.15) is 0 Å². The first-order valence-electron chi connectivity index (χ1n) is 5.39. The second-order valence-corrected chi connectivity index (χ2v) is 3.98. The van der Waals surface area contributed by atoms with Gasteiger partial charge in [-0.25, -0.2) is 0 Å². The molecule has 2 atom stereocenters. The van der Waals surface area contributed by atoms with Crippen molar-refractivity contribution in [3.63, 3.8) is 0 Å². The fourth-order valence-corrected chi connectivity index (χ4v) is 2.07. The highest BCUT2D eigenvalue weighted by molar-refractivity contribution is 5.35. The number of allylic oxidation sites excluding steroid dienone is 2. The van der Waals surface area contributed by atoms with E-state index in [9.17, 15) is 5.11 Å². The summed E-state index contributed by atoms with van der Waals surface area (Å²) in [6, 6.07) is 10.1. The highest BCUT2D eigenvalue weighted by Gasteiger charge is 2.32. The second kappa shape index (κ2) is 4.03. The van der Waals surface area contributed by atoms with Gasteiger partial charge in [0.2, 0.25) is 0 Å². The van der Waals surface area contributed by atoms with Crippen LogP contribution in [0.15, 0.2) is 54.6 Å². The van der Waals surface area contributed by atoms with E-state index in [4.69, 9.17) is 0 Å². The van der Waals surface area contributed by atoms with Gasteiger partial charge in [0.15, 0.2) is 0 Å². The minimum atomic E-state index is -0.726. The van der Waals surface area contributed by atoms with Crippen LogP contribution in [0.5, 0.6) is 0 Å². The molecule has 0 saturated heterocycles. The molecule has 1 N–H and O–H groups in total. The molecular formula is C14H16O. The summed E-state index contributed by atoms with van der Waals surface area (Å²) in [5.74, 6) is 0.0775. The Kier molecular flexibility index (Phi) is 2.74. The first-order chi connectivity index (χ1) is 7.26. The predicted molar refractivity (Wildman–Crippen MR) is 62.7 cm³/mol. The Hall–Kier alpha value is -1.34. The van der Waals surface area contributed by atoms with Crippen molar-refractivity contribution in [2.24, 2.45) is 0 Å². The maximum Gasteiger partial charge on any atom is 0.0930 e. The van der Waals surface area contributed by atoms with Gasteiger partial charge in [-0.3, -0.25) is 0 Å². The van der Waals surface area contributed by atoms with E-state index in [2.05, 4.69) is 18.2 Å². The fourth-order valence-electron chi connectivity index (χ4n) is 2.07. The lowest BCUT2D eigenvalue weighted by molar-refractivity contribution is 0.0703. The number of hydrogen-bond acceptors (Lipinski definition) is 1. The minimum Gasteiger partial charge on any atom is -0.385 e. The molecule has 0 heterocycles. The van der Waals surface area contributed by atoms with Crippen LogP contribution in [0.3, 0.4) is 0 Å². The summed E-state index contributed by atoms with van der Waals surface area (Å²) in [5, 5.41) is 10.5. The average Bonchev–Trinajstić information content (AvgIpc) is 2.31. The molecule has 1 nitrogen and oxygen atoms in total. The summed E-state index contributed by atoms with van der Waals surface area (Å²) >= 11 is 0. The number of aliphatic hydroxyl groups is 1. The van der Waals surface area contributed by atoms with E-state index < -0.39 is 5.60 Å². The van der Waals surface area contributed by atoms with Crippen molar-refractivity contribution in [3.05, 3.63) is 60.2 Å². The molecule has 1 aliphatic rings. The van der Waals surface area contributed by atoms with Crippen molar-refractivity contribution in [3.8, 4) is 0 Å². The molecule has 0 amide bonds. The third-order valence-corrected chi connectivity index (χ3v) is 3.06. The number of rotatable bonds is 2. The van der Waals surface area contributed by atoms with Crippen molar-refractivity contribution in [2.45, 2.75) is 24.9 Å². The second-order valence-electron chi connectivity index (χ2n) is 3.98. The molecule has 0 aromatic heterocycles. The molecule has 1 aromatic carbocycles. The molecule has 0 aliphatic heterocycles. The zero-order valence-electron chi connectivity index (χ0n) is 8.93. The molecule has 0 bridgehead atoms. The lowest BCUT2D eigenvalue weighted by Gasteiger charge is -2.33. The largest absolute Gasteiger partial charge is 0.385 e. The Bertz CT molecular complexity index is 378. The van der Waals surface area contributed by atoms with Crippen LogP contribution in [0, 0.1) is 0 Å². The van der Waals surface area contributed by atoms with Gasteiger partial charge < -0.3 is 5.11 Å².